The van der Waals surface area contributed by atoms with Crippen LogP contribution in [0.15, 0.2) is 30.9 Å². The number of carboxylic acid groups (broad SMARTS) is 2. The van der Waals surface area contributed by atoms with Crippen LogP contribution in [0, 0.1) is 0 Å². The maximum absolute atomic E-state index is 11.0. The molecule has 0 heterocycles. The van der Waals surface area contributed by atoms with Crippen molar-refractivity contribution in [2.24, 2.45) is 0 Å². The van der Waals surface area contributed by atoms with E-state index >= 15 is 0 Å². The summed E-state index contributed by atoms with van der Waals surface area (Å²) in [4.78, 5) is 22.0. The summed E-state index contributed by atoms with van der Waals surface area (Å²) in [7, 11) is 0. The Balaban J connectivity index is 2.35. The van der Waals surface area contributed by atoms with Crippen LogP contribution in [-0.2, 0) is 0 Å². The fourth-order valence-electron chi connectivity index (χ4n) is 2.22. The number of aromatic carboxylic acids is 2. The van der Waals surface area contributed by atoms with Gasteiger partial charge in [-0.2, -0.15) is 0 Å². The lowest BCUT2D eigenvalue weighted by molar-refractivity contribution is 0.0696. The van der Waals surface area contributed by atoms with Gasteiger partial charge in [-0.1, -0.05) is 31.8 Å². The molecule has 0 saturated carbocycles. The summed E-state index contributed by atoms with van der Waals surface area (Å²) >= 11 is 0. The van der Waals surface area contributed by atoms with Crippen molar-refractivity contribution in [3.63, 3.8) is 0 Å². The van der Waals surface area contributed by atoms with Gasteiger partial charge in [-0.3, -0.25) is 0 Å². The lowest BCUT2D eigenvalue weighted by atomic mass is 10.1. The molecule has 0 saturated heterocycles. The molecule has 0 aliphatic heterocycles. The normalized spacial score (nSPS) is 10.3. The number of rotatable bonds is 12. The number of ether oxygens (including phenoxy) is 1. The molecule has 0 aliphatic carbocycles. The van der Waals surface area contributed by atoms with E-state index in [1.54, 1.807) is 0 Å². The van der Waals surface area contributed by atoms with Gasteiger partial charge >= 0.3 is 11.9 Å². The van der Waals surface area contributed by atoms with Crippen LogP contribution in [0.4, 0.5) is 0 Å². The minimum Gasteiger partial charge on any atom is -0.494 e. The molecule has 0 fully saturated rings. The van der Waals surface area contributed by atoms with Gasteiger partial charge in [0, 0.05) is 0 Å². The molecule has 1 aromatic carbocycles. The molecule has 5 heteroatoms. The molecule has 0 unspecified atom stereocenters. The van der Waals surface area contributed by atoms with E-state index in [1.807, 2.05) is 6.08 Å². The zero-order valence-corrected chi connectivity index (χ0v) is 13.3. The van der Waals surface area contributed by atoms with Crippen LogP contribution in [0.5, 0.6) is 5.75 Å². The first kappa shape index (κ1) is 18.7. The SMILES string of the molecule is C=CCCCCCCCCOc1cc(C(=O)O)cc(C(=O)O)c1. The van der Waals surface area contributed by atoms with E-state index in [0.717, 1.165) is 31.7 Å². The quantitative estimate of drug-likeness (QED) is 0.441. The second-order valence-electron chi connectivity index (χ2n) is 5.40. The Morgan fingerprint density at radius 2 is 1.43 bits per heavy atom. The molecule has 0 radical (unpaired) electrons. The maximum atomic E-state index is 11.0. The van der Waals surface area contributed by atoms with Crippen LogP contribution in [0.25, 0.3) is 0 Å². The minimum atomic E-state index is -1.17. The van der Waals surface area contributed by atoms with Crippen LogP contribution < -0.4 is 4.74 Å². The summed E-state index contributed by atoms with van der Waals surface area (Å²) in [5.41, 5.74) is -0.163. The van der Waals surface area contributed by atoms with Crippen molar-refractivity contribution in [1.82, 2.24) is 0 Å². The van der Waals surface area contributed by atoms with Gasteiger partial charge in [0.2, 0.25) is 0 Å². The second-order valence-corrected chi connectivity index (χ2v) is 5.40. The van der Waals surface area contributed by atoms with E-state index in [9.17, 15) is 9.59 Å². The first-order valence-electron chi connectivity index (χ1n) is 7.90. The van der Waals surface area contributed by atoms with Gasteiger partial charge in [-0.05, 0) is 37.5 Å². The average Bonchev–Trinajstić information content (AvgIpc) is 2.53. The van der Waals surface area contributed by atoms with Crippen molar-refractivity contribution in [3.05, 3.63) is 42.0 Å². The molecule has 126 valence electrons. The number of allylic oxidation sites excluding steroid dienone is 1. The molecule has 1 aromatic rings. The number of hydrogen-bond donors (Lipinski definition) is 2. The first-order chi connectivity index (χ1) is 11.0. The van der Waals surface area contributed by atoms with E-state index in [2.05, 4.69) is 6.58 Å². The summed E-state index contributed by atoms with van der Waals surface area (Å²) in [6.45, 7) is 4.14. The predicted octanol–water partition coefficient (Wildman–Crippen LogP) is 4.38. The van der Waals surface area contributed by atoms with Crippen molar-refractivity contribution in [1.29, 1.82) is 0 Å². The lowest BCUT2D eigenvalue weighted by Crippen LogP contribution is -2.05. The molecule has 0 bridgehead atoms. The number of benzene rings is 1. The van der Waals surface area contributed by atoms with Crippen molar-refractivity contribution < 1.29 is 24.5 Å². The zero-order valence-electron chi connectivity index (χ0n) is 13.3. The van der Waals surface area contributed by atoms with E-state index in [0.29, 0.717) is 6.61 Å². The molecule has 5 nitrogen and oxygen atoms in total. The van der Waals surface area contributed by atoms with E-state index in [4.69, 9.17) is 14.9 Å². The topological polar surface area (TPSA) is 83.8 Å². The van der Waals surface area contributed by atoms with Gasteiger partial charge in [0.05, 0.1) is 17.7 Å². The molecular weight excluding hydrogens is 296 g/mol. The van der Waals surface area contributed by atoms with Gasteiger partial charge < -0.3 is 14.9 Å². The highest BCUT2D eigenvalue weighted by atomic mass is 16.5. The highest BCUT2D eigenvalue weighted by molar-refractivity contribution is 5.94. The summed E-state index contributed by atoms with van der Waals surface area (Å²) < 4.78 is 5.49. The van der Waals surface area contributed by atoms with Crippen LogP contribution in [0.3, 0.4) is 0 Å². The van der Waals surface area contributed by atoms with E-state index < -0.39 is 11.9 Å². The van der Waals surface area contributed by atoms with Gasteiger partial charge in [0.25, 0.3) is 0 Å². The first-order valence-corrected chi connectivity index (χ1v) is 7.90. The van der Waals surface area contributed by atoms with Gasteiger partial charge in [0.1, 0.15) is 5.75 Å². The van der Waals surface area contributed by atoms with Crippen molar-refractivity contribution >= 4 is 11.9 Å². The molecule has 1 rings (SSSR count). The smallest absolute Gasteiger partial charge is 0.335 e. The van der Waals surface area contributed by atoms with Crippen molar-refractivity contribution in [3.8, 4) is 5.75 Å². The van der Waals surface area contributed by atoms with Gasteiger partial charge in [0.15, 0.2) is 0 Å². The fraction of sp³-hybridized carbons (Fsp3) is 0.444. The van der Waals surface area contributed by atoms with Gasteiger partial charge in [-0.15, -0.1) is 6.58 Å². The third-order valence-corrected chi connectivity index (χ3v) is 3.47. The predicted molar refractivity (Wildman–Crippen MR) is 88.4 cm³/mol. The largest absolute Gasteiger partial charge is 0.494 e. The Kier molecular flexibility index (Phi) is 8.50. The molecule has 0 atom stereocenters. The summed E-state index contributed by atoms with van der Waals surface area (Å²) in [5, 5.41) is 18.0. The molecule has 0 amide bonds. The number of hydrogen-bond acceptors (Lipinski definition) is 3. The van der Waals surface area contributed by atoms with Crippen molar-refractivity contribution in [2.45, 2.75) is 44.9 Å². The van der Waals surface area contributed by atoms with E-state index in [-0.39, 0.29) is 16.9 Å². The van der Waals surface area contributed by atoms with Crippen LogP contribution in [0.2, 0.25) is 0 Å². The van der Waals surface area contributed by atoms with Crippen LogP contribution in [0.1, 0.15) is 65.7 Å². The summed E-state index contributed by atoms with van der Waals surface area (Å²) in [6.07, 6.45) is 9.61. The zero-order chi connectivity index (χ0) is 17.1. The monoisotopic (exact) mass is 320 g/mol. The Labute approximate surface area is 136 Å². The van der Waals surface area contributed by atoms with E-state index in [1.165, 1.54) is 31.4 Å². The third-order valence-electron chi connectivity index (χ3n) is 3.47. The summed E-state index contributed by atoms with van der Waals surface area (Å²) in [6, 6.07) is 3.83. The standard InChI is InChI=1S/C18H24O5/c1-2-3-4-5-6-7-8-9-10-23-16-12-14(17(19)20)11-15(13-16)18(21)22/h2,11-13H,1,3-10H2,(H,19,20)(H,21,22). The molecule has 0 aromatic heterocycles. The highest BCUT2D eigenvalue weighted by Crippen LogP contribution is 2.18. The number of unbranched alkanes of at least 4 members (excludes halogenated alkanes) is 6. The average molecular weight is 320 g/mol. The Bertz CT molecular complexity index is 504. The third kappa shape index (κ3) is 7.49. The van der Waals surface area contributed by atoms with Gasteiger partial charge in [-0.25, -0.2) is 9.59 Å². The maximum Gasteiger partial charge on any atom is 0.335 e. The Morgan fingerprint density at radius 3 is 1.96 bits per heavy atom. The molecule has 0 aliphatic rings. The second kappa shape index (κ2) is 10.4. The molecule has 2 N–H and O–H groups in total. The summed E-state index contributed by atoms with van der Waals surface area (Å²) in [5.74, 6) is -2.05. The number of carbonyl (C=O) groups is 2. The Hall–Kier alpha value is -2.30. The lowest BCUT2D eigenvalue weighted by Gasteiger charge is -2.08. The highest BCUT2D eigenvalue weighted by Gasteiger charge is 2.12. The minimum absolute atomic E-state index is 0.0814. The van der Waals surface area contributed by atoms with Crippen molar-refractivity contribution in [2.75, 3.05) is 6.61 Å². The molecular formula is C18H24O5. The van der Waals surface area contributed by atoms with Crippen LogP contribution >= 0.6 is 0 Å². The number of carboxylic acids is 2. The fourth-order valence-corrected chi connectivity index (χ4v) is 2.22. The molecule has 23 heavy (non-hydrogen) atoms. The Morgan fingerprint density at radius 1 is 0.913 bits per heavy atom. The van der Waals surface area contributed by atoms with Crippen LogP contribution in [-0.4, -0.2) is 28.8 Å². The molecule has 0 spiro atoms.